The minimum atomic E-state index is -0.415. The molecule has 1 aromatic heterocycles. The molecule has 1 aliphatic heterocycles. The number of nitrogens with zero attached hydrogens (tertiary/aromatic N) is 4. The summed E-state index contributed by atoms with van der Waals surface area (Å²) in [5.41, 5.74) is 12.3. The van der Waals surface area contributed by atoms with Gasteiger partial charge in [0.15, 0.2) is 6.98 Å². The summed E-state index contributed by atoms with van der Waals surface area (Å²) in [4.78, 5) is 2.60. The first kappa shape index (κ1) is 35.1. The van der Waals surface area contributed by atoms with E-state index in [4.69, 9.17) is 5.23 Å². The number of hydrogen-bond acceptors (Lipinski definition) is 1. The van der Waals surface area contributed by atoms with E-state index in [1.54, 1.807) is 0 Å². The normalized spacial score (nSPS) is 16.7. The number of hydrogen-bond donors (Lipinski definition) is 0. The Morgan fingerprint density at radius 2 is 1.20 bits per heavy atom. The first-order valence-corrected chi connectivity index (χ1v) is 16.7. The van der Waals surface area contributed by atoms with E-state index in [0.717, 1.165) is 5.69 Å². The summed E-state index contributed by atoms with van der Waals surface area (Å²) in [6.45, 7) is 29.5. The highest BCUT2D eigenvalue weighted by molar-refractivity contribution is 6.75. The van der Waals surface area contributed by atoms with Gasteiger partial charge < -0.3 is 10.0 Å². The van der Waals surface area contributed by atoms with Crippen LogP contribution in [-0.2, 0) is 19.4 Å². The molecule has 1 atom stereocenters. The summed E-state index contributed by atoms with van der Waals surface area (Å²) in [5.74, 6) is 1.29. The summed E-state index contributed by atoms with van der Waals surface area (Å²) in [6.07, 6.45) is 2.59. The average molecular weight is 617 g/mol. The van der Waals surface area contributed by atoms with E-state index in [0.29, 0.717) is 0 Å². The molecule has 0 saturated carbocycles. The van der Waals surface area contributed by atoms with Crippen molar-refractivity contribution in [2.24, 2.45) is 24.9 Å². The SMILES string of the molecule is Cc1cccc(C)c1[N-]B1N(c2c(C)cccc2C)C(C(C)(C)C)=C[C@@]1(c1n(C)c(C)c(C)[n+]1C)C(C)(C)C.Cc1ccccc1. The van der Waals surface area contributed by atoms with Gasteiger partial charge in [-0.1, -0.05) is 131 Å². The average Bonchev–Trinajstić information content (AvgIpc) is 3.39. The highest BCUT2D eigenvalue weighted by atomic mass is 15.2. The van der Waals surface area contributed by atoms with Crippen molar-refractivity contribution in [1.29, 1.82) is 0 Å². The number of benzene rings is 3. The van der Waals surface area contributed by atoms with Crippen molar-refractivity contribution < 1.29 is 4.57 Å². The number of aryl methyl sites for hydroxylation is 5. The summed E-state index contributed by atoms with van der Waals surface area (Å²) in [6, 6.07) is 23.4. The topological polar surface area (TPSA) is 26.2 Å². The van der Waals surface area contributed by atoms with Crippen LogP contribution in [0.1, 0.15) is 86.6 Å². The van der Waals surface area contributed by atoms with Gasteiger partial charge in [-0.2, -0.15) is 0 Å². The van der Waals surface area contributed by atoms with Crippen molar-refractivity contribution >= 4 is 18.4 Å². The van der Waals surface area contributed by atoms with E-state index in [9.17, 15) is 0 Å². The minimum absolute atomic E-state index is 0.0932. The van der Waals surface area contributed by atoms with Crippen molar-refractivity contribution in [3.63, 3.8) is 0 Å². The molecule has 0 spiro atoms. The maximum absolute atomic E-state index is 5.83. The lowest BCUT2D eigenvalue weighted by atomic mass is 9.41. The molecule has 5 rings (SSSR count). The maximum Gasteiger partial charge on any atom is 0.260 e. The van der Waals surface area contributed by atoms with E-state index in [-0.39, 0.29) is 17.8 Å². The Kier molecular flexibility index (Phi) is 9.79. The minimum Gasteiger partial charge on any atom is -0.687 e. The zero-order chi connectivity index (χ0) is 34.4. The molecule has 0 unspecified atom stereocenters. The molecule has 0 radical (unpaired) electrons. The highest BCUT2D eigenvalue weighted by Crippen LogP contribution is 2.57. The first-order valence-electron chi connectivity index (χ1n) is 16.7. The van der Waals surface area contributed by atoms with Crippen LogP contribution in [0.25, 0.3) is 5.23 Å². The molecule has 3 aromatic carbocycles. The maximum atomic E-state index is 5.83. The van der Waals surface area contributed by atoms with E-state index < -0.39 is 5.31 Å². The number of rotatable bonds is 4. The largest absolute Gasteiger partial charge is 0.687 e. The number of aromatic nitrogens is 2. The predicted molar refractivity (Wildman–Crippen MR) is 199 cm³/mol. The van der Waals surface area contributed by atoms with Crippen LogP contribution in [0.5, 0.6) is 0 Å². The molecular formula is C41H57BN4. The van der Waals surface area contributed by atoms with Crippen molar-refractivity contribution in [3.8, 4) is 0 Å². The summed E-state index contributed by atoms with van der Waals surface area (Å²) in [5, 5.41) is 5.41. The van der Waals surface area contributed by atoms with Crippen LogP contribution in [0.4, 0.5) is 11.4 Å². The zero-order valence-electron chi connectivity index (χ0n) is 31.3. The number of imidazole rings is 1. The molecule has 0 saturated heterocycles. The lowest BCUT2D eigenvalue weighted by molar-refractivity contribution is -0.687. The van der Waals surface area contributed by atoms with E-state index >= 15 is 0 Å². The Morgan fingerprint density at radius 1 is 0.696 bits per heavy atom. The quantitative estimate of drug-likeness (QED) is 0.166. The third-order valence-corrected chi connectivity index (χ3v) is 10.1. The molecule has 1 aliphatic rings. The van der Waals surface area contributed by atoms with Crippen molar-refractivity contribution in [2.45, 2.75) is 95.3 Å². The van der Waals surface area contributed by atoms with Gasteiger partial charge in [-0.05, 0) is 51.2 Å². The molecule has 2 heterocycles. The van der Waals surface area contributed by atoms with Crippen molar-refractivity contribution in [2.75, 3.05) is 4.81 Å². The second-order valence-corrected chi connectivity index (χ2v) is 15.5. The molecule has 0 aliphatic carbocycles. The van der Waals surface area contributed by atoms with E-state index in [2.05, 4.69) is 173 Å². The standard InChI is InChI=1S/C34H49BN4.C7H8/c1-22-17-15-18-23(2)29(22)36-35-34(33(10,11)12,31-37(13)26(5)27(6)38(31)14)21-28(32(7,8)9)39(35)30-24(3)19-16-20-25(30)4;1-7-5-3-2-4-6-7/h15-21H,1-14H3;2-6H,1H3/t34-;/m1./s1. The Morgan fingerprint density at radius 3 is 1.59 bits per heavy atom. The van der Waals surface area contributed by atoms with Gasteiger partial charge in [0, 0.05) is 30.6 Å². The molecule has 4 nitrogen and oxygen atoms in total. The number of allylic oxidation sites excluding steroid dienone is 2. The van der Waals surface area contributed by atoms with Crippen LogP contribution in [0, 0.1) is 59.3 Å². The number of anilines is 1. The molecule has 0 bridgehead atoms. The van der Waals surface area contributed by atoms with Crippen LogP contribution >= 0.6 is 0 Å². The van der Waals surface area contributed by atoms with Crippen LogP contribution in [0.2, 0.25) is 0 Å². The summed E-state index contributed by atoms with van der Waals surface area (Å²) < 4.78 is 4.83. The first-order chi connectivity index (χ1) is 21.3. The molecule has 5 heteroatoms. The van der Waals surface area contributed by atoms with Crippen molar-refractivity contribution in [3.05, 3.63) is 129 Å². The fourth-order valence-electron chi connectivity index (χ4n) is 7.23. The highest BCUT2D eigenvalue weighted by Gasteiger charge is 2.60. The van der Waals surface area contributed by atoms with Gasteiger partial charge in [0.05, 0.1) is 19.4 Å². The molecule has 0 N–H and O–H groups in total. The Balaban J connectivity index is 0.000000606. The monoisotopic (exact) mass is 616 g/mol. The van der Waals surface area contributed by atoms with Crippen molar-refractivity contribution in [1.82, 2.24) is 4.57 Å². The third-order valence-electron chi connectivity index (χ3n) is 10.1. The van der Waals surface area contributed by atoms with E-state index in [1.165, 1.54) is 56.4 Å². The summed E-state index contributed by atoms with van der Waals surface area (Å²) in [7, 11) is 4.46. The fourth-order valence-corrected chi connectivity index (χ4v) is 7.23. The smallest absolute Gasteiger partial charge is 0.260 e. The van der Waals surface area contributed by atoms with Crippen LogP contribution < -0.4 is 9.38 Å². The molecular weight excluding hydrogens is 559 g/mol. The van der Waals surface area contributed by atoms with Crippen LogP contribution in [0.3, 0.4) is 0 Å². The third kappa shape index (κ3) is 6.18. The summed E-state index contributed by atoms with van der Waals surface area (Å²) >= 11 is 0. The molecule has 4 aromatic rings. The number of para-hydroxylation sites is 1. The molecule has 244 valence electrons. The zero-order valence-corrected chi connectivity index (χ0v) is 31.3. The second-order valence-electron chi connectivity index (χ2n) is 15.5. The van der Waals surface area contributed by atoms with E-state index in [1.807, 2.05) is 18.2 Å². The Labute approximate surface area is 280 Å². The van der Waals surface area contributed by atoms with Gasteiger partial charge in [-0.15, -0.1) is 5.69 Å². The molecule has 0 fully saturated rings. The van der Waals surface area contributed by atoms with Gasteiger partial charge in [0.2, 0.25) is 0 Å². The second kappa shape index (κ2) is 12.8. The molecule has 0 amide bonds. The fraction of sp³-hybridized carbons (Fsp3) is 0.439. The van der Waals surface area contributed by atoms with Crippen LogP contribution in [-0.4, -0.2) is 11.5 Å². The van der Waals surface area contributed by atoms with Gasteiger partial charge in [-0.3, -0.25) is 0 Å². The Hall–Kier alpha value is -3.73. The van der Waals surface area contributed by atoms with Gasteiger partial charge in [-0.25, -0.2) is 9.13 Å². The lowest BCUT2D eigenvalue weighted by Gasteiger charge is -2.52. The van der Waals surface area contributed by atoms with Gasteiger partial charge in [0.1, 0.15) is 11.4 Å². The van der Waals surface area contributed by atoms with Gasteiger partial charge >= 0.3 is 0 Å². The predicted octanol–water partition coefficient (Wildman–Crippen LogP) is 10.2. The van der Waals surface area contributed by atoms with Crippen LogP contribution in [0.15, 0.2) is 78.5 Å². The lowest BCUT2D eigenvalue weighted by Crippen LogP contribution is -2.60. The molecule has 46 heavy (non-hydrogen) atoms. The van der Waals surface area contributed by atoms with Gasteiger partial charge in [0.25, 0.3) is 5.82 Å². The Bertz CT molecular complexity index is 1670.